The van der Waals surface area contributed by atoms with Crippen LogP contribution in [0.5, 0.6) is 0 Å². The zero-order valence-corrected chi connectivity index (χ0v) is 11.5. The van der Waals surface area contributed by atoms with Crippen molar-refractivity contribution >= 4 is 5.97 Å². The molecule has 0 heterocycles. The first-order valence-corrected chi connectivity index (χ1v) is 7.36. The third kappa shape index (κ3) is 3.06. The molecule has 2 nitrogen and oxygen atoms in total. The Morgan fingerprint density at radius 1 is 1.12 bits per heavy atom. The van der Waals surface area contributed by atoms with Crippen LogP contribution < -0.4 is 21.2 Å². The predicted octanol–water partition coefficient (Wildman–Crippen LogP) is -0.178. The van der Waals surface area contributed by atoms with Crippen LogP contribution in [0.3, 0.4) is 0 Å². The molecule has 86 valence electrons. The van der Waals surface area contributed by atoms with Gasteiger partial charge in [0.2, 0.25) is 3.57 Å². The summed E-state index contributed by atoms with van der Waals surface area (Å²) in [6.07, 6.45) is 0. The van der Waals surface area contributed by atoms with E-state index in [1.54, 1.807) is 6.07 Å². The summed E-state index contributed by atoms with van der Waals surface area (Å²) in [4.78, 5) is 11.1. The van der Waals surface area contributed by atoms with E-state index in [2.05, 4.69) is 12.1 Å². The highest BCUT2D eigenvalue weighted by Gasteiger charge is 2.23. The Morgan fingerprint density at radius 3 is 2.47 bits per heavy atom. The van der Waals surface area contributed by atoms with Gasteiger partial charge in [0.25, 0.3) is 0 Å². The molecule has 0 bridgehead atoms. The highest BCUT2D eigenvalue weighted by molar-refractivity contribution is 5.87. The van der Waals surface area contributed by atoms with Crippen molar-refractivity contribution < 1.29 is 31.1 Å². The molecule has 0 fully saturated rings. The fourth-order valence-electron chi connectivity index (χ4n) is 1.47. The summed E-state index contributed by atoms with van der Waals surface area (Å²) in [7, 11) is 0. The summed E-state index contributed by atoms with van der Waals surface area (Å²) in [5.41, 5.74) is 1.55. The molecule has 0 unspecified atom stereocenters. The highest BCUT2D eigenvalue weighted by atomic mass is 127. The Kier molecular flexibility index (Phi) is 3.78. The van der Waals surface area contributed by atoms with Crippen molar-refractivity contribution in [2.24, 2.45) is 0 Å². The van der Waals surface area contributed by atoms with Gasteiger partial charge in [-0.15, -0.1) is 0 Å². The van der Waals surface area contributed by atoms with Crippen LogP contribution in [0.4, 0.5) is 0 Å². The summed E-state index contributed by atoms with van der Waals surface area (Å²) in [5, 5.41) is 9.15. The first kappa shape index (κ1) is 12.1. The molecule has 0 saturated carbocycles. The molecule has 0 radical (unpaired) electrons. The molecule has 2 aromatic carbocycles. The van der Waals surface area contributed by atoms with Crippen LogP contribution in [0.25, 0.3) is 0 Å². The van der Waals surface area contributed by atoms with Crippen molar-refractivity contribution in [1.29, 1.82) is 0 Å². The lowest BCUT2D eigenvalue weighted by Crippen LogP contribution is -3.61. The van der Waals surface area contributed by atoms with Crippen LogP contribution in [-0.4, -0.2) is 11.1 Å². The zero-order valence-electron chi connectivity index (χ0n) is 9.35. The summed E-state index contributed by atoms with van der Waals surface area (Å²) in [5.74, 6) is -0.837. The maximum absolute atomic E-state index is 11.1. The van der Waals surface area contributed by atoms with Crippen molar-refractivity contribution in [3.05, 3.63) is 66.8 Å². The van der Waals surface area contributed by atoms with Gasteiger partial charge in [0.05, 0.1) is 0 Å². The molecule has 0 aromatic heterocycles. The Hall–Kier alpha value is -1.36. The lowest BCUT2D eigenvalue weighted by Gasteiger charge is -1.96. The van der Waals surface area contributed by atoms with Crippen LogP contribution in [-0.2, 0) is 0 Å². The molecular weight excluding hydrogens is 327 g/mol. The van der Waals surface area contributed by atoms with Gasteiger partial charge < -0.3 is 5.11 Å². The topological polar surface area (TPSA) is 37.3 Å². The largest absolute Gasteiger partial charge is 0.478 e. The van der Waals surface area contributed by atoms with Gasteiger partial charge in [0, 0.05) is 0 Å². The number of carbonyl (C=O) groups is 1. The number of benzene rings is 2. The van der Waals surface area contributed by atoms with Gasteiger partial charge in [0.15, 0.2) is 3.57 Å². The Labute approximate surface area is 111 Å². The monoisotopic (exact) mass is 339 g/mol. The summed E-state index contributed by atoms with van der Waals surface area (Å²) in [6.45, 7) is 1.99. The van der Waals surface area contributed by atoms with E-state index in [4.69, 9.17) is 5.11 Å². The summed E-state index contributed by atoms with van der Waals surface area (Å²) in [6, 6.07) is 15.6. The van der Waals surface area contributed by atoms with Crippen LogP contribution in [0.2, 0.25) is 0 Å². The number of rotatable bonds is 3. The number of hydrogen-bond acceptors (Lipinski definition) is 1. The zero-order chi connectivity index (χ0) is 12.3. The van der Waals surface area contributed by atoms with E-state index in [1.165, 1.54) is 3.57 Å². The minimum absolute atomic E-state index is 0.424. The van der Waals surface area contributed by atoms with E-state index in [-0.39, 0.29) is 0 Å². The third-order valence-corrected chi connectivity index (χ3v) is 5.11. The molecule has 1 N–H and O–H groups in total. The minimum atomic E-state index is -0.837. The van der Waals surface area contributed by atoms with Crippen molar-refractivity contribution in [3.8, 4) is 0 Å². The number of carboxylic acid groups (broad SMARTS) is 1. The second kappa shape index (κ2) is 5.31. The quantitative estimate of drug-likeness (QED) is 0.788. The maximum atomic E-state index is 11.1. The first-order chi connectivity index (χ1) is 8.16. The molecule has 0 aliphatic carbocycles. The fourth-order valence-corrected chi connectivity index (χ4v) is 4.26. The lowest BCUT2D eigenvalue weighted by atomic mass is 10.2. The molecule has 0 spiro atoms. The van der Waals surface area contributed by atoms with Gasteiger partial charge in [-0.05, 0) is 36.8 Å². The SMILES string of the molecule is Cc1ccc(C(=O)O)c([I+]c2ccccc2)c1. The Balaban J connectivity index is 2.37. The molecule has 0 aliphatic rings. The van der Waals surface area contributed by atoms with Crippen LogP contribution in [0.15, 0.2) is 48.5 Å². The van der Waals surface area contributed by atoms with Gasteiger partial charge in [-0.3, -0.25) is 0 Å². The van der Waals surface area contributed by atoms with Crippen molar-refractivity contribution in [2.75, 3.05) is 0 Å². The van der Waals surface area contributed by atoms with Crippen molar-refractivity contribution in [1.82, 2.24) is 0 Å². The molecule has 0 atom stereocenters. The summed E-state index contributed by atoms with van der Waals surface area (Å²) < 4.78 is 2.21. The van der Waals surface area contributed by atoms with Crippen molar-refractivity contribution in [3.63, 3.8) is 0 Å². The number of hydrogen-bond donors (Lipinski definition) is 1. The second-order valence-electron chi connectivity index (χ2n) is 3.68. The van der Waals surface area contributed by atoms with Crippen LogP contribution >= 0.6 is 0 Å². The molecule has 0 aliphatic heterocycles. The Bertz CT molecular complexity index is 535. The number of aryl methyl sites for hydroxylation is 1. The van der Waals surface area contributed by atoms with Gasteiger partial charge in [-0.2, -0.15) is 0 Å². The molecule has 2 aromatic rings. The molecule has 0 amide bonds. The standard InChI is InChI=1S/C14H11IO2/c1-10-7-8-12(14(16)17)13(9-10)15-11-5-3-2-4-6-11/h2-9H,1H3/p+1. The molecule has 3 heteroatoms. The first-order valence-electron chi connectivity index (χ1n) is 5.20. The molecular formula is C14H12IO2+. The minimum Gasteiger partial charge on any atom is -0.478 e. The number of aromatic carboxylic acids is 1. The number of carboxylic acids is 1. The molecule has 0 saturated heterocycles. The summed E-state index contributed by atoms with van der Waals surface area (Å²) >= 11 is -0.424. The van der Waals surface area contributed by atoms with E-state index in [0.29, 0.717) is 5.56 Å². The van der Waals surface area contributed by atoms with Gasteiger partial charge in [-0.1, -0.05) is 24.3 Å². The molecule has 2 rings (SSSR count). The normalized spacial score (nSPS) is 10.2. The van der Waals surface area contributed by atoms with Crippen LogP contribution in [0.1, 0.15) is 15.9 Å². The van der Waals surface area contributed by atoms with E-state index < -0.39 is 27.2 Å². The van der Waals surface area contributed by atoms with E-state index in [0.717, 1.165) is 9.13 Å². The van der Waals surface area contributed by atoms with Gasteiger partial charge >= 0.3 is 27.2 Å². The lowest BCUT2D eigenvalue weighted by molar-refractivity contribution is -0.597. The van der Waals surface area contributed by atoms with E-state index in [9.17, 15) is 4.79 Å². The van der Waals surface area contributed by atoms with E-state index >= 15 is 0 Å². The third-order valence-electron chi connectivity index (χ3n) is 2.30. The van der Waals surface area contributed by atoms with Gasteiger partial charge in [-0.25, -0.2) is 4.79 Å². The highest BCUT2D eigenvalue weighted by Crippen LogP contribution is 2.03. The average molecular weight is 339 g/mol. The van der Waals surface area contributed by atoms with E-state index in [1.807, 2.05) is 37.3 Å². The predicted molar refractivity (Wildman–Crippen MR) is 62.0 cm³/mol. The average Bonchev–Trinajstić information content (AvgIpc) is 2.30. The second-order valence-corrected chi connectivity index (χ2v) is 6.63. The van der Waals surface area contributed by atoms with Gasteiger partial charge in [0.1, 0.15) is 5.56 Å². The maximum Gasteiger partial charge on any atom is 0.358 e. The van der Waals surface area contributed by atoms with Crippen LogP contribution in [0, 0.1) is 14.1 Å². The number of halogens is 1. The fraction of sp³-hybridized carbons (Fsp3) is 0.0714. The molecule has 17 heavy (non-hydrogen) atoms. The Morgan fingerprint density at radius 2 is 1.82 bits per heavy atom. The van der Waals surface area contributed by atoms with Crippen molar-refractivity contribution in [2.45, 2.75) is 6.92 Å². The smallest absolute Gasteiger partial charge is 0.358 e.